The second kappa shape index (κ2) is 20.1. The maximum Gasteiger partial charge on any atom is 0.0468 e. The SMILES string of the molecule is c1ccc(-c2cc(N(c3ccccc3)c3ccc(-c4cccc5ccccc45)cc3)ccc2-c2ccc3c(c2)C2(CC4CC2C4)c2cc(-c4cccc(N(c5ccccc5)c5ccc(-c6ccc7c(c6)C6(CC8CC6C8)c6ccccc6-7)cc5)c4)ccc2-3)cc1. The molecule has 2 atom stereocenters. The zero-order valence-electron chi connectivity index (χ0n) is 50.3. The smallest absolute Gasteiger partial charge is 0.0468 e. The third kappa shape index (κ3) is 7.83. The number of anilines is 6. The first-order valence-corrected chi connectivity index (χ1v) is 32.8. The van der Waals surface area contributed by atoms with Crippen molar-refractivity contribution in [3.63, 3.8) is 0 Å². The van der Waals surface area contributed by atoms with Crippen molar-refractivity contribution in [2.45, 2.75) is 49.4 Å². The standard InChI is InChI=1S/C88H66N2/c1-4-16-61(17-5-1)82-54-74(90(70-23-8-3-9-24-70)72-39-32-62(33-40-72)76-28-15-19-60-18-10-11-26-75(60)76)41-45-77(82)66-36-44-81-80-43-35-65(52-85(80)88(86(81)53-66)56-58-48-68(88)49-58)63-20-14-25-73(50-63)89(69-21-6-2-7-22-69)71-37-30-59(31-38-71)64-34-42-79-78-27-12-13-29-83(78)87(84(79)51-64)55-57-46-67(87)47-57/h1-45,50-54,57-58,67-68H,46-49,55-56H2. The first-order chi connectivity index (χ1) is 44.5. The molecule has 8 aliphatic rings. The molecule has 2 spiro atoms. The number of rotatable bonds is 11. The van der Waals surface area contributed by atoms with Crippen LogP contribution in [0.5, 0.6) is 0 Å². The van der Waals surface area contributed by atoms with E-state index >= 15 is 0 Å². The highest BCUT2D eigenvalue weighted by Gasteiger charge is 2.61. The number of hydrogen-bond donors (Lipinski definition) is 0. The summed E-state index contributed by atoms with van der Waals surface area (Å²) in [6.45, 7) is 0. The monoisotopic (exact) mass is 1150 g/mol. The highest BCUT2D eigenvalue weighted by atomic mass is 15.1. The summed E-state index contributed by atoms with van der Waals surface area (Å²) >= 11 is 0. The van der Waals surface area contributed by atoms with Gasteiger partial charge < -0.3 is 9.80 Å². The average Bonchev–Trinajstić information content (AvgIpc) is 1.53. The highest BCUT2D eigenvalue weighted by Crippen LogP contribution is 2.70. The molecule has 0 aliphatic heterocycles. The van der Waals surface area contributed by atoms with E-state index in [1.54, 1.807) is 11.1 Å². The first kappa shape index (κ1) is 51.7. The van der Waals surface area contributed by atoms with Crippen LogP contribution in [0.4, 0.5) is 34.1 Å². The summed E-state index contributed by atoms with van der Waals surface area (Å²) in [6, 6.07) is 115. The third-order valence-corrected chi connectivity index (χ3v) is 22.4. The van der Waals surface area contributed by atoms with Crippen LogP contribution in [0.2, 0.25) is 0 Å². The van der Waals surface area contributed by atoms with E-state index in [1.807, 2.05) is 0 Å². The molecule has 2 nitrogen and oxygen atoms in total. The Balaban J connectivity index is 0.662. The van der Waals surface area contributed by atoms with Gasteiger partial charge in [-0.3, -0.25) is 0 Å². The highest BCUT2D eigenvalue weighted by molar-refractivity contribution is 5.98. The van der Waals surface area contributed by atoms with Crippen molar-refractivity contribution in [1.82, 2.24) is 0 Å². The molecular formula is C88H66N2. The zero-order chi connectivity index (χ0) is 59.1. The van der Waals surface area contributed by atoms with Gasteiger partial charge in [0.2, 0.25) is 0 Å². The fourth-order valence-corrected chi connectivity index (χ4v) is 18.3. The number of para-hydroxylation sites is 2. The molecule has 0 radical (unpaired) electrons. The molecule has 0 saturated heterocycles. The maximum absolute atomic E-state index is 2.61. The van der Waals surface area contributed by atoms with Gasteiger partial charge in [0.25, 0.3) is 0 Å². The van der Waals surface area contributed by atoms with E-state index in [4.69, 9.17) is 0 Å². The van der Waals surface area contributed by atoms with Gasteiger partial charge in [-0.05, 0) is 264 Å². The minimum absolute atomic E-state index is 0.0211. The van der Waals surface area contributed by atoms with Gasteiger partial charge in [0.05, 0.1) is 0 Å². The summed E-state index contributed by atoms with van der Waals surface area (Å²) in [5.74, 6) is 3.01. The van der Waals surface area contributed by atoms with Crippen molar-refractivity contribution in [3.05, 3.63) is 326 Å². The lowest BCUT2D eigenvalue weighted by Crippen LogP contribution is -2.29. The van der Waals surface area contributed by atoms with E-state index in [-0.39, 0.29) is 10.8 Å². The Hall–Kier alpha value is -10.3. The van der Waals surface area contributed by atoms with E-state index in [0.717, 1.165) is 51.9 Å². The van der Waals surface area contributed by atoms with Crippen molar-refractivity contribution in [2.75, 3.05) is 9.80 Å². The molecule has 8 aliphatic carbocycles. The molecule has 6 saturated carbocycles. The molecule has 0 N–H and O–H groups in total. The summed E-state index contributed by atoms with van der Waals surface area (Å²) in [6.07, 6.45) is 7.87. The van der Waals surface area contributed by atoms with Gasteiger partial charge in [-0.15, -0.1) is 0 Å². The second-order valence-corrected chi connectivity index (χ2v) is 26.9. The van der Waals surface area contributed by atoms with Crippen LogP contribution in [0.3, 0.4) is 0 Å². The minimum Gasteiger partial charge on any atom is -0.310 e. The second-order valence-electron chi connectivity index (χ2n) is 26.9. The van der Waals surface area contributed by atoms with Crippen LogP contribution in [0.1, 0.15) is 60.8 Å². The predicted molar refractivity (Wildman–Crippen MR) is 375 cm³/mol. The molecular weight excluding hydrogens is 1080 g/mol. The van der Waals surface area contributed by atoms with Gasteiger partial charge in [-0.25, -0.2) is 0 Å². The lowest BCUT2D eigenvalue weighted by atomic mass is 9.69. The van der Waals surface area contributed by atoms with Crippen LogP contribution in [-0.2, 0) is 10.8 Å². The Morgan fingerprint density at radius 2 is 0.622 bits per heavy atom. The van der Waals surface area contributed by atoms with Gasteiger partial charge in [0, 0.05) is 45.0 Å². The van der Waals surface area contributed by atoms with Crippen LogP contribution in [0.15, 0.2) is 303 Å². The van der Waals surface area contributed by atoms with Crippen LogP contribution in [0, 0.1) is 23.7 Å². The molecule has 90 heavy (non-hydrogen) atoms. The number of hydrogen-bond acceptors (Lipinski definition) is 2. The molecule has 0 heterocycles. The van der Waals surface area contributed by atoms with Crippen molar-refractivity contribution in [1.29, 1.82) is 0 Å². The van der Waals surface area contributed by atoms with Crippen LogP contribution >= 0.6 is 0 Å². The Kier molecular flexibility index (Phi) is 11.6. The number of fused-ring (bicyclic) bond motifs is 7. The van der Waals surface area contributed by atoms with Crippen LogP contribution in [0.25, 0.3) is 88.7 Å². The Morgan fingerprint density at radius 1 is 0.233 bits per heavy atom. The summed E-state index contributed by atoms with van der Waals surface area (Å²) in [4.78, 5) is 4.85. The molecule has 2 heteroatoms. The topological polar surface area (TPSA) is 6.48 Å². The summed E-state index contributed by atoms with van der Waals surface area (Å²) in [5.41, 5.74) is 31.3. The van der Waals surface area contributed by atoms with E-state index in [2.05, 4.69) is 313 Å². The lowest BCUT2D eigenvalue weighted by molar-refractivity contribution is 0.272. The zero-order valence-corrected chi connectivity index (χ0v) is 50.3. The molecule has 6 fully saturated rings. The molecule has 428 valence electrons. The van der Waals surface area contributed by atoms with Gasteiger partial charge in [0.1, 0.15) is 0 Å². The van der Waals surface area contributed by atoms with E-state index < -0.39 is 0 Å². The minimum atomic E-state index is -0.0211. The van der Waals surface area contributed by atoms with Crippen LogP contribution in [-0.4, -0.2) is 0 Å². The predicted octanol–water partition coefficient (Wildman–Crippen LogP) is 23.5. The van der Waals surface area contributed by atoms with E-state index in [1.165, 1.54) is 138 Å². The quantitative estimate of drug-likeness (QED) is 0.127. The molecule has 13 aromatic rings. The van der Waals surface area contributed by atoms with Crippen molar-refractivity contribution < 1.29 is 0 Å². The Labute approximate surface area is 528 Å². The van der Waals surface area contributed by atoms with E-state index in [9.17, 15) is 0 Å². The van der Waals surface area contributed by atoms with Crippen molar-refractivity contribution in [3.8, 4) is 77.9 Å². The Bertz CT molecular complexity index is 4970. The normalized spacial score (nSPS) is 20.7. The fourth-order valence-electron chi connectivity index (χ4n) is 18.3. The molecule has 0 aromatic heterocycles. The molecule has 4 bridgehead atoms. The average molecular weight is 1150 g/mol. The molecule has 21 rings (SSSR count). The van der Waals surface area contributed by atoms with Crippen LogP contribution < -0.4 is 9.80 Å². The largest absolute Gasteiger partial charge is 0.310 e. The fraction of sp³-hybridized carbons (Fsp3) is 0.136. The van der Waals surface area contributed by atoms with Gasteiger partial charge >= 0.3 is 0 Å². The molecule has 13 aromatic carbocycles. The van der Waals surface area contributed by atoms with Crippen molar-refractivity contribution >= 4 is 44.9 Å². The van der Waals surface area contributed by atoms with E-state index in [0.29, 0.717) is 5.92 Å². The Morgan fingerprint density at radius 3 is 1.24 bits per heavy atom. The number of benzene rings is 13. The lowest BCUT2D eigenvalue weighted by Gasteiger charge is -2.34. The third-order valence-electron chi connectivity index (χ3n) is 22.4. The van der Waals surface area contributed by atoms with Gasteiger partial charge in [-0.2, -0.15) is 0 Å². The van der Waals surface area contributed by atoms with Gasteiger partial charge in [0.15, 0.2) is 0 Å². The molecule has 0 amide bonds. The summed E-state index contributed by atoms with van der Waals surface area (Å²) < 4.78 is 0. The van der Waals surface area contributed by atoms with Gasteiger partial charge in [-0.1, -0.05) is 212 Å². The maximum atomic E-state index is 2.61. The summed E-state index contributed by atoms with van der Waals surface area (Å²) in [7, 11) is 0. The molecule has 2 unspecified atom stereocenters. The summed E-state index contributed by atoms with van der Waals surface area (Å²) in [5, 5.41) is 2.52. The number of nitrogens with zero attached hydrogens (tertiary/aromatic N) is 2. The first-order valence-electron chi connectivity index (χ1n) is 32.8. The van der Waals surface area contributed by atoms with Crippen molar-refractivity contribution in [2.24, 2.45) is 23.7 Å².